The number of hydrogen-bond donors (Lipinski definition) is 0. The van der Waals surface area contributed by atoms with Crippen LogP contribution in [0.15, 0.2) is 231 Å². The van der Waals surface area contributed by atoms with Crippen LogP contribution in [0, 0.1) is 0 Å². The molecule has 14 rings (SSSR count). The zero-order chi connectivity index (χ0) is 44.4. The fourth-order valence-corrected chi connectivity index (χ4v) is 12.5. The molecule has 0 fully saturated rings. The van der Waals surface area contributed by atoms with Crippen LogP contribution in [0.3, 0.4) is 0 Å². The molecule has 1 aliphatic carbocycles. The Morgan fingerprint density at radius 2 is 0.657 bits per heavy atom. The van der Waals surface area contributed by atoms with E-state index in [1.54, 1.807) is 0 Å². The quantitative estimate of drug-likeness (QED) is 0.153. The molecule has 0 unspecified atom stereocenters. The SMILES string of the molecule is Cn1c2ccccc2c2c(-c3cccc4c(-c5cccc6c5-c5ccccc5C6(c5ccccc5)c5ccccc5)c5cccc(-c6cccc7c6c6ccccc6n7C)c5cc34)cccc21. The monoisotopic (exact) mass is 852 g/mol. The smallest absolute Gasteiger partial charge is 0.0713 e. The van der Waals surface area contributed by atoms with E-state index in [-0.39, 0.29) is 0 Å². The molecule has 314 valence electrons. The van der Waals surface area contributed by atoms with E-state index >= 15 is 0 Å². The van der Waals surface area contributed by atoms with Gasteiger partial charge in [-0.1, -0.05) is 200 Å². The number of benzene rings is 11. The molecule has 0 aliphatic heterocycles. The largest absolute Gasteiger partial charge is 0.344 e. The fourth-order valence-electron chi connectivity index (χ4n) is 12.5. The Bertz CT molecular complexity index is 3950. The predicted octanol–water partition coefficient (Wildman–Crippen LogP) is 16.6. The van der Waals surface area contributed by atoms with Gasteiger partial charge in [-0.25, -0.2) is 0 Å². The van der Waals surface area contributed by atoms with Crippen molar-refractivity contribution in [2.75, 3.05) is 0 Å². The van der Waals surface area contributed by atoms with Crippen molar-refractivity contribution in [1.82, 2.24) is 9.13 Å². The van der Waals surface area contributed by atoms with Gasteiger partial charge in [-0.3, -0.25) is 0 Å². The van der Waals surface area contributed by atoms with Crippen molar-refractivity contribution in [3.05, 3.63) is 253 Å². The van der Waals surface area contributed by atoms with Crippen LogP contribution in [0.4, 0.5) is 0 Å². The molecule has 0 atom stereocenters. The summed E-state index contributed by atoms with van der Waals surface area (Å²) in [5.74, 6) is 0. The molecule has 0 bridgehead atoms. The molecule has 0 spiro atoms. The minimum atomic E-state index is -0.519. The topological polar surface area (TPSA) is 9.86 Å². The molecule has 67 heavy (non-hydrogen) atoms. The summed E-state index contributed by atoms with van der Waals surface area (Å²) < 4.78 is 4.69. The lowest BCUT2D eigenvalue weighted by molar-refractivity contribution is 0.768. The molecular formula is C65H44N2. The van der Waals surface area contributed by atoms with Gasteiger partial charge in [0.25, 0.3) is 0 Å². The van der Waals surface area contributed by atoms with Crippen LogP contribution < -0.4 is 0 Å². The zero-order valence-corrected chi connectivity index (χ0v) is 37.3. The first-order valence-electron chi connectivity index (χ1n) is 23.4. The number of aromatic nitrogens is 2. The van der Waals surface area contributed by atoms with Gasteiger partial charge in [-0.05, 0) is 119 Å². The highest BCUT2D eigenvalue weighted by molar-refractivity contribution is 6.25. The van der Waals surface area contributed by atoms with E-state index < -0.39 is 5.41 Å². The Kier molecular flexibility index (Phi) is 8.06. The van der Waals surface area contributed by atoms with Crippen LogP contribution in [0.25, 0.3) is 110 Å². The normalized spacial score (nSPS) is 13.0. The third-order valence-electron chi connectivity index (χ3n) is 15.2. The summed E-state index contributed by atoms with van der Waals surface area (Å²) in [6.07, 6.45) is 0. The third-order valence-corrected chi connectivity index (χ3v) is 15.2. The first-order chi connectivity index (χ1) is 33.1. The van der Waals surface area contributed by atoms with Crippen molar-refractivity contribution in [1.29, 1.82) is 0 Å². The van der Waals surface area contributed by atoms with E-state index in [0.29, 0.717) is 0 Å². The van der Waals surface area contributed by atoms with Crippen LogP contribution >= 0.6 is 0 Å². The van der Waals surface area contributed by atoms with Crippen molar-refractivity contribution in [2.24, 2.45) is 14.1 Å². The summed E-state index contributed by atoms with van der Waals surface area (Å²) in [7, 11) is 4.39. The summed E-state index contributed by atoms with van der Waals surface area (Å²) >= 11 is 0. The van der Waals surface area contributed by atoms with E-state index in [9.17, 15) is 0 Å². The number of para-hydroxylation sites is 2. The number of nitrogens with zero attached hydrogens (tertiary/aromatic N) is 2. The first kappa shape index (κ1) is 37.9. The highest BCUT2D eigenvalue weighted by atomic mass is 14.9. The molecule has 2 aromatic heterocycles. The van der Waals surface area contributed by atoms with Crippen LogP contribution in [0.2, 0.25) is 0 Å². The van der Waals surface area contributed by atoms with Gasteiger partial charge < -0.3 is 9.13 Å². The molecule has 0 radical (unpaired) electrons. The number of aryl methyl sites for hydroxylation is 2. The Labute approximate surface area is 389 Å². The summed E-state index contributed by atoms with van der Waals surface area (Å²) in [6.45, 7) is 0. The molecule has 11 aromatic carbocycles. The van der Waals surface area contributed by atoms with Crippen LogP contribution in [-0.4, -0.2) is 9.13 Å². The van der Waals surface area contributed by atoms with Crippen molar-refractivity contribution < 1.29 is 0 Å². The number of rotatable bonds is 5. The second-order valence-corrected chi connectivity index (χ2v) is 18.4. The van der Waals surface area contributed by atoms with Gasteiger partial charge >= 0.3 is 0 Å². The van der Waals surface area contributed by atoms with Crippen LogP contribution in [0.5, 0.6) is 0 Å². The van der Waals surface area contributed by atoms with Crippen molar-refractivity contribution >= 4 is 65.2 Å². The Balaban J connectivity index is 1.16. The van der Waals surface area contributed by atoms with E-state index in [4.69, 9.17) is 0 Å². The van der Waals surface area contributed by atoms with E-state index in [2.05, 4.69) is 254 Å². The molecule has 0 amide bonds. The maximum atomic E-state index is 2.52. The second kappa shape index (κ2) is 14.3. The van der Waals surface area contributed by atoms with E-state index in [1.807, 2.05) is 0 Å². The van der Waals surface area contributed by atoms with Crippen LogP contribution in [-0.2, 0) is 19.5 Å². The van der Waals surface area contributed by atoms with Gasteiger partial charge in [-0.15, -0.1) is 0 Å². The average Bonchev–Trinajstić information content (AvgIpc) is 3.99. The molecule has 2 nitrogen and oxygen atoms in total. The average molecular weight is 853 g/mol. The van der Waals surface area contributed by atoms with E-state index in [1.165, 1.54) is 132 Å². The van der Waals surface area contributed by atoms with Gasteiger partial charge in [-0.2, -0.15) is 0 Å². The first-order valence-corrected chi connectivity index (χ1v) is 23.4. The lowest BCUT2D eigenvalue weighted by atomic mass is 9.67. The molecule has 2 heteroatoms. The molecule has 2 heterocycles. The summed E-state index contributed by atoms with van der Waals surface area (Å²) in [4.78, 5) is 0. The molecule has 0 saturated carbocycles. The molecule has 0 N–H and O–H groups in total. The Morgan fingerprint density at radius 1 is 0.269 bits per heavy atom. The highest BCUT2D eigenvalue weighted by Crippen LogP contribution is 2.59. The Hall–Kier alpha value is -8.46. The lowest BCUT2D eigenvalue weighted by Crippen LogP contribution is -2.28. The summed E-state index contributed by atoms with van der Waals surface area (Å²) in [5, 5.41) is 10.1. The highest BCUT2D eigenvalue weighted by Gasteiger charge is 2.47. The minimum absolute atomic E-state index is 0.519. The van der Waals surface area contributed by atoms with Crippen molar-refractivity contribution in [2.45, 2.75) is 5.41 Å². The maximum absolute atomic E-state index is 2.52. The van der Waals surface area contributed by atoms with Gasteiger partial charge in [0.2, 0.25) is 0 Å². The van der Waals surface area contributed by atoms with Gasteiger partial charge in [0, 0.05) is 57.7 Å². The van der Waals surface area contributed by atoms with Gasteiger partial charge in [0.15, 0.2) is 0 Å². The zero-order valence-electron chi connectivity index (χ0n) is 37.3. The van der Waals surface area contributed by atoms with Crippen molar-refractivity contribution in [3.63, 3.8) is 0 Å². The lowest BCUT2D eigenvalue weighted by Gasteiger charge is -2.34. The Morgan fingerprint density at radius 3 is 1.22 bits per heavy atom. The van der Waals surface area contributed by atoms with Gasteiger partial charge in [0.05, 0.1) is 5.41 Å². The summed E-state index contributed by atoms with van der Waals surface area (Å²) in [6, 6.07) is 86.5. The predicted molar refractivity (Wildman–Crippen MR) is 283 cm³/mol. The molecule has 0 saturated heterocycles. The number of fused-ring (bicyclic) bond motifs is 11. The molecule has 1 aliphatic rings. The minimum Gasteiger partial charge on any atom is -0.344 e. The van der Waals surface area contributed by atoms with Crippen molar-refractivity contribution in [3.8, 4) is 44.5 Å². The second-order valence-electron chi connectivity index (χ2n) is 18.4. The van der Waals surface area contributed by atoms with Crippen LogP contribution in [0.1, 0.15) is 22.3 Å². The molecular weight excluding hydrogens is 809 g/mol. The maximum Gasteiger partial charge on any atom is 0.0713 e. The standard InChI is InChI=1S/C65H44N2/c1-66-57-36-13-10-25-50(57)63-45(31-18-38-59(63)66)43-27-15-29-47-53(43)40-54-44(46-32-19-39-60-64(46)51-26-11-14-37-58(51)67(60)2)28-16-30-48(54)61(47)52-33-17-35-56-62(52)49-24-9-12-34-55(49)65(56,41-20-5-3-6-21-41)42-22-7-4-8-23-42/h3-40H,1-2H3. The third kappa shape index (κ3) is 5.10. The summed E-state index contributed by atoms with van der Waals surface area (Å²) in [5.41, 5.74) is 19.6. The fraction of sp³-hybridized carbons (Fsp3) is 0.0462. The molecule has 13 aromatic rings. The van der Waals surface area contributed by atoms with E-state index in [0.717, 1.165) is 0 Å². The van der Waals surface area contributed by atoms with Gasteiger partial charge in [0.1, 0.15) is 0 Å². The number of hydrogen-bond acceptors (Lipinski definition) is 0.